The molecule has 5 nitrogen and oxygen atoms in total. The van der Waals surface area contributed by atoms with Gasteiger partial charge in [-0.2, -0.15) is 0 Å². The van der Waals surface area contributed by atoms with Crippen molar-refractivity contribution in [3.05, 3.63) is 50.3 Å². The highest BCUT2D eigenvalue weighted by Gasteiger charge is 2.17. The van der Waals surface area contributed by atoms with Gasteiger partial charge in [0.2, 0.25) is 0 Å². The van der Waals surface area contributed by atoms with Crippen molar-refractivity contribution in [2.45, 2.75) is 32.7 Å². The third kappa shape index (κ3) is 3.14. The molecule has 0 amide bonds. The average molecular weight is 292 g/mol. The maximum absolute atomic E-state index is 11.7. The van der Waals surface area contributed by atoms with Crippen LogP contribution in [-0.4, -0.2) is 20.6 Å². The van der Waals surface area contributed by atoms with Crippen molar-refractivity contribution in [1.82, 2.24) is 9.55 Å². The summed E-state index contributed by atoms with van der Waals surface area (Å²) in [5.41, 5.74) is 0.794. The SMILES string of the molecule is CC(C)(C)c1csc(Cn2cc(C(=O)O)ccc2=O)n1. The van der Waals surface area contributed by atoms with E-state index in [-0.39, 0.29) is 16.5 Å². The first-order chi connectivity index (χ1) is 9.27. The molecule has 6 heteroatoms. The number of aromatic carboxylic acids is 1. The predicted molar refractivity (Wildman–Crippen MR) is 77.6 cm³/mol. The number of aromatic nitrogens is 2. The van der Waals surface area contributed by atoms with Gasteiger partial charge in [-0.3, -0.25) is 4.79 Å². The number of hydrogen-bond acceptors (Lipinski definition) is 4. The smallest absolute Gasteiger partial charge is 0.337 e. The molecule has 0 unspecified atom stereocenters. The number of rotatable bonds is 3. The van der Waals surface area contributed by atoms with Gasteiger partial charge in [0.25, 0.3) is 5.56 Å². The van der Waals surface area contributed by atoms with Crippen molar-refractivity contribution in [3.63, 3.8) is 0 Å². The standard InChI is InChI=1S/C14H16N2O3S/c1-14(2,3)10-8-20-11(15-10)7-16-6-9(13(18)19)4-5-12(16)17/h4-6,8H,7H2,1-3H3,(H,18,19). The van der Waals surface area contributed by atoms with Crippen molar-refractivity contribution in [1.29, 1.82) is 0 Å². The Kier molecular flexibility index (Phi) is 3.76. The molecule has 0 saturated heterocycles. The second-order valence-electron chi connectivity index (χ2n) is 5.57. The predicted octanol–water partition coefficient (Wildman–Crippen LogP) is 2.35. The van der Waals surface area contributed by atoms with E-state index in [1.165, 1.54) is 34.2 Å². The van der Waals surface area contributed by atoms with Crippen LogP contribution >= 0.6 is 11.3 Å². The highest BCUT2D eigenvalue weighted by molar-refractivity contribution is 7.09. The number of hydrogen-bond donors (Lipinski definition) is 1. The highest BCUT2D eigenvalue weighted by Crippen LogP contribution is 2.24. The Morgan fingerprint density at radius 3 is 2.65 bits per heavy atom. The summed E-state index contributed by atoms with van der Waals surface area (Å²) in [6.45, 7) is 6.51. The van der Waals surface area contributed by atoms with Crippen LogP contribution in [0.25, 0.3) is 0 Å². The van der Waals surface area contributed by atoms with Gasteiger partial charge in [-0.1, -0.05) is 20.8 Å². The van der Waals surface area contributed by atoms with Crippen LogP contribution in [0.2, 0.25) is 0 Å². The minimum atomic E-state index is -1.05. The van der Waals surface area contributed by atoms with Crippen LogP contribution in [0.4, 0.5) is 0 Å². The molecule has 0 bridgehead atoms. The molecule has 0 saturated carbocycles. The van der Waals surface area contributed by atoms with Gasteiger partial charge in [-0.25, -0.2) is 9.78 Å². The molecular weight excluding hydrogens is 276 g/mol. The number of carbonyl (C=O) groups is 1. The Hall–Kier alpha value is -1.95. The van der Waals surface area contributed by atoms with Gasteiger partial charge in [0.05, 0.1) is 17.8 Å². The summed E-state index contributed by atoms with van der Waals surface area (Å²) in [6, 6.07) is 2.57. The van der Waals surface area contributed by atoms with E-state index in [2.05, 4.69) is 25.8 Å². The Bertz CT molecular complexity index is 695. The fourth-order valence-electron chi connectivity index (χ4n) is 1.66. The van der Waals surface area contributed by atoms with Gasteiger partial charge in [0.15, 0.2) is 0 Å². The fourth-order valence-corrected chi connectivity index (χ4v) is 2.67. The van der Waals surface area contributed by atoms with E-state index < -0.39 is 5.97 Å². The van der Waals surface area contributed by atoms with Crippen LogP contribution in [0.1, 0.15) is 41.8 Å². The van der Waals surface area contributed by atoms with E-state index in [1.807, 2.05) is 5.38 Å². The first-order valence-electron chi connectivity index (χ1n) is 6.16. The first kappa shape index (κ1) is 14.5. The van der Waals surface area contributed by atoms with Crippen molar-refractivity contribution >= 4 is 17.3 Å². The second kappa shape index (κ2) is 5.20. The molecule has 2 rings (SSSR count). The average Bonchev–Trinajstić information content (AvgIpc) is 2.80. The van der Waals surface area contributed by atoms with Gasteiger partial charge in [-0.15, -0.1) is 11.3 Å². The Balaban J connectivity index is 2.30. The first-order valence-corrected chi connectivity index (χ1v) is 7.04. The summed E-state index contributed by atoms with van der Waals surface area (Å²) in [6.07, 6.45) is 1.35. The lowest BCUT2D eigenvalue weighted by Crippen LogP contribution is -2.21. The van der Waals surface area contributed by atoms with Gasteiger partial charge in [0, 0.05) is 23.1 Å². The van der Waals surface area contributed by atoms with Crippen molar-refractivity contribution in [2.75, 3.05) is 0 Å². The summed E-state index contributed by atoms with van der Waals surface area (Å²) in [5.74, 6) is -1.05. The fraction of sp³-hybridized carbons (Fsp3) is 0.357. The summed E-state index contributed by atoms with van der Waals surface area (Å²) in [4.78, 5) is 27.2. The van der Waals surface area contributed by atoms with Gasteiger partial charge >= 0.3 is 5.97 Å². The molecule has 0 atom stereocenters. The van der Waals surface area contributed by atoms with Crippen molar-refractivity contribution in [3.8, 4) is 0 Å². The molecule has 0 aromatic carbocycles. The molecule has 2 heterocycles. The highest BCUT2D eigenvalue weighted by atomic mass is 32.1. The number of carboxylic acid groups (broad SMARTS) is 1. The minimum Gasteiger partial charge on any atom is -0.478 e. The zero-order valence-electron chi connectivity index (χ0n) is 11.6. The number of thiazole rings is 1. The molecule has 1 N–H and O–H groups in total. The molecule has 0 aliphatic rings. The molecule has 0 aliphatic heterocycles. The molecule has 0 aliphatic carbocycles. The normalized spacial score (nSPS) is 11.6. The van der Waals surface area contributed by atoms with Crippen LogP contribution < -0.4 is 5.56 Å². The maximum atomic E-state index is 11.7. The minimum absolute atomic E-state index is 0.0391. The molecule has 2 aromatic heterocycles. The van der Waals surface area contributed by atoms with E-state index in [9.17, 15) is 9.59 Å². The van der Waals surface area contributed by atoms with Gasteiger partial charge in [-0.05, 0) is 6.07 Å². The molecular formula is C14H16N2O3S. The van der Waals surface area contributed by atoms with Gasteiger partial charge in [0.1, 0.15) is 5.01 Å². The number of pyridine rings is 1. The van der Waals surface area contributed by atoms with Crippen LogP contribution in [0, 0.1) is 0 Å². The van der Waals surface area contributed by atoms with E-state index in [4.69, 9.17) is 5.11 Å². The van der Waals surface area contributed by atoms with E-state index >= 15 is 0 Å². The molecule has 0 spiro atoms. The topological polar surface area (TPSA) is 72.2 Å². The van der Waals surface area contributed by atoms with Gasteiger partial charge < -0.3 is 9.67 Å². The summed E-state index contributed by atoms with van der Waals surface area (Å²) >= 11 is 1.48. The van der Waals surface area contributed by atoms with Crippen molar-refractivity contribution in [2.24, 2.45) is 0 Å². The Morgan fingerprint density at radius 1 is 1.40 bits per heavy atom. The monoisotopic (exact) mass is 292 g/mol. The molecule has 0 radical (unpaired) electrons. The third-order valence-corrected chi connectivity index (χ3v) is 3.69. The Morgan fingerprint density at radius 2 is 2.10 bits per heavy atom. The lowest BCUT2D eigenvalue weighted by atomic mass is 9.93. The molecule has 2 aromatic rings. The lowest BCUT2D eigenvalue weighted by molar-refractivity contribution is 0.0696. The lowest BCUT2D eigenvalue weighted by Gasteiger charge is -2.14. The number of carboxylic acids is 1. The molecule has 106 valence electrons. The van der Waals surface area contributed by atoms with Crippen molar-refractivity contribution < 1.29 is 9.90 Å². The zero-order valence-corrected chi connectivity index (χ0v) is 12.4. The zero-order chi connectivity index (χ0) is 14.9. The third-order valence-electron chi connectivity index (χ3n) is 2.86. The van der Waals surface area contributed by atoms with E-state index in [0.29, 0.717) is 6.54 Å². The van der Waals surface area contributed by atoms with Crippen LogP contribution in [0.5, 0.6) is 0 Å². The molecule has 0 fully saturated rings. The molecule has 20 heavy (non-hydrogen) atoms. The summed E-state index contributed by atoms with van der Waals surface area (Å²) in [7, 11) is 0. The van der Waals surface area contributed by atoms with Crippen LogP contribution in [0.3, 0.4) is 0 Å². The van der Waals surface area contributed by atoms with Crippen LogP contribution in [0.15, 0.2) is 28.5 Å². The summed E-state index contributed by atoms with van der Waals surface area (Å²) in [5, 5.41) is 11.7. The second-order valence-corrected chi connectivity index (χ2v) is 6.51. The van der Waals surface area contributed by atoms with Crippen LogP contribution in [-0.2, 0) is 12.0 Å². The largest absolute Gasteiger partial charge is 0.478 e. The Labute approximate surface area is 120 Å². The van der Waals surface area contributed by atoms with E-state index in [0.717, 1.165) is 10.7 Å². The van der Waals surface area contributed by atoms with E-state index in [1.54, 1.807) is 0 Å². The summed E-state index contributed by atoms with van der Waals surface area (Å²) < 4.78 is 1.37. The maximum Gasteiger partial charge on any atom is 0.337 e. The quantitative estimate of drug-likeness (QED) is 0.942. The number of nitrogens with zero attached hydrogens (tertiary/aromatic N) is 2.